The van der Waals surface area contributed by atoms with Crippen molar-refractivity contribution >= 4 is 34.8 Å². The van der Waals surface area contributed by atoms with Crippen molar-refractivity contribution in [2.45, 2.75) is 56.5 Å². The average Bonchev–Trinajstić information content (AvgIpc) is 3.30. The Morgan fingerprint density at radius 2 is 1.97 bits per heavy atom. The summed E-state index contributed by atoms with van der Waals surface area (Å²) in [6, 6.07) is 6.54. The molecule has 0 saturated carbocycles. The number of piperazine rings is 1. The van der Waals surface area contributed by atoms with Gasteiger partial charge in [0.2, 0.25) is 11.0 Å². The van der Waals surface area contributed by atoms with Crippen molar-refractivity contribution in [1.82, 2.24) is 19.7 Å². The van der Waals surface area contributed by atoms with E-state index in [1.54, 1.807) is 33.8 Å². The van der Waals surface area contributed by atoms with Gasteiger partial charge in [-0.05, 0) is 45.4 Å². The van der Waals surface area contributed by atoms with Crippen LogP contribution in [0.25, 0.3) is 16.3 Å². The molecule has 3 aromatic rings. The summed E-state index contributed by atoms with van der Waals surface area (Å²) in [6.07, 6.45) is 1.90. The smallest absolute Gasteiger partial charge is 0.242 e. The third-order valence-electron chi connectivity index (χ3n) is 5.47. The van der Waals surface area contributed by atoms with Crippen LogP contribution in [-0.4, -0.2) is 56.0 Å². The lowest BCUT2D eigenvalue weighted by Gasteiger charge is -2.42. The SMILES string of the molecule is Cc1nn(-c2nc(N3CCN(C(C)(C)C)C(=O)C3)c(SC(C)C)s2)cc1-c1cccc(F)c1. The number of rotatable bonds is 5. The number of benzene rings is 1. The number of thioether (sulfide) groups is 1. The van der Waals surface area contributed by atoms with Crippen molar-refractivity contribution in [2.24, 2.45) is 0 Å². The van der Waals surface area contributed by atoms with Gasteiger partial charge in [0.05, 0.1) is 12.2 Å². The van der Waals surface area contributed by atoms with Gasteiger partial charge < -0.3 is 9.80 Å². The molecule has 6 nitrogen and oxygen atoms in total. The molecule has 4 rings (SSSR count). The van der Waals surface area contributed by atoms with Crippen LogP contribution in [0.4, 0.5) is 10.2 Å². The molecule has 9 heteroatoms. The standard InChI is InChI=1S/C24H30FN5OS2/c1-15(2)32-22-21(28-10-11-29(20(31)14-28)24(4,5)6)26-23(33-22)30-13-19(16(3)27-30)17-8-7-9-18(25)12-17/h7-9,12-13,15H,10-11,14H2,1-6H3. The highest BCUT2D eigenvalue weighted by Gasteiger charge is 2.33. The van der Waals surface area contributed by atoms with Gasteiger partial charge in [0, 0.05) is 35.6 Å². The summed E-state index contributed by atoms with van der Waals surface area (Å²) in [5, 5.41) is 5.78. The molecule has 0 atom stereocenters. The highest BCUT2D eigenvalue weighted by molar-refractivity contribution is 8.01. The van der Waals surface area contributed by atoms with Crippen molar-refractivity contribution in [3.63, 3.8) is 0 Å². The summed E-state index contributed by atoms with van der Waals surface area (Å²) in [6.45, 7) is 14.1. The first-order chi connectivity index (χ1) is 15.5. The van der Waals surface area contributed by atoms with Crippen LogP contribution in [0.1, 0.15) is 40.3 Å². The molecule has 0 bridgehead atoms. The molecule has 0 unspecified atom stereocenters. The Balaban J connectivity index is 1.67. The van der Waals surface area contributed by atoms with Crippen molar-refractivity contribution in [3.8, 4) is 16.3 Å². The van der Waals surface area contributed by atoms with Crippen LogP contribution in [0.2, 0.25) is 0 Å². The predicted octanol–water partition coefficient (Wildman–Crippen LogP) is 5.39. The summed E-state index contributed by atoms with van der Waals surface area (Å²) in [7, 11) is 0. The number of carbonyl (C=O) groups excluding carboxylic acids is 1. The number of anilines is 1. The molecule has 3 heterocycles. The fourth-order valence-corrected chi connectivity index (χ4v) is 6.39. The van der Waals surface area contributed by atoms with E-state index in [0.29, 0.717) is 18.3 Å². The number of halogens is 1. The summed E-state index contributed by atoms with van der Waals surface area (Å²) in [4.78, 5) is 21.8. The van der Waals surface area contributed by atoms with Crippen molar-refractivity contribution in [2.75, 3.05) is 24.5 Å². The van der Waals surface area contributed by atoms with E-state index >= 15 is 0 Å². The Morgan fingerprint density at radius 3 is 2.61 bits per heavy atom. The Labute approximate surface area is 202 Å². The maximum absolute atomic E-state index is 13.8. The Kier molecular flexibility index (Phi) is 6.55. The quantitative estimate of drug-likeness (QED) is 0.452. The summed E-state index contributed by atoms with van der Waals surface area (Å²) >= 11 is 3.32. The maximum Gasteiger partial charge on any atom is 0.242 e. The van der Waals surface area contributed by atoms with Gasteiger partial charge in [0.15, 0.2) is 5.82 Å². The molecule has 1 aliphatic heterocycles. The van der Waals surface area contributed by atoms with Gasteiger partial charge in [-0.3, -0.25) is 4.79 Å². The van der Waals surface area contributed by atoms with Crippen LogP contribution in [0.5, 0.6) is 0 Å². The van der Waals surface area contributed by atoms with Crippen LogP contribution in [0.15, 0.2) is 34.7 Å². The normalized spacial score (nSPS) is 15.1. The van der Waals surface area contributed by atoms with Crippen LogP contribution in [-0.2, 0) is 4.79 Å². The number of aryl methyl sites for hydroxylation is 1. The first kappa shape index (κ1) is 23.8. The van der Waals surface area contributed by atoms with Gasteiger partial charge in [-0.2, -0.15) is 10.1 Å². The number of hydrogen-bond acceptors (Lipinski definition) is 6. The Morgan fingerprint density at radius 1 is 1.21 bits per heavy atom. The van der Waals surface area contributed by atoms with Gasteiger partial charge in [0.1, 0.15) is 10.0 Å². The van der Waals surface area contributed by atoms with E-state index < -0.39 is 0 Å². The molecule has 176 valence electrons. The Hall–Kier alpha value is -2.39. The maximum atomic E-state index is 13.8. The third-order valence-corrected chi connectivity index (χ3v) is 7.71. The van der Waals surface area contributed by atoms with Gasteiger partial charge >= 0.3 is 0 Å². The average molecular weight is 488 g/mol. The molecule has 2 aromatic heterocycles. The fourth-order valence-electron chi connectivity index (χ4n) is 3.94. The minimum atomic E-state index is -0.272. The predicted molar refractivity (Wildman–Crippen MR) is 134 cm³/mol. The van der Waals surface area contributed by atoms with E-state index in [2.05, 4.69) is 44.6 Å². The van der Waals surface area contributed by atoms with E-state index in [-0.39, 0.29) is 17.3 Å². The molecule has 1 fully saturated rings. The number of carbonyl (C=O) groups is 1. The van der Waals surface area contributed by atoms with E-state index in [1.165, 1.54) is 12.1 Å². The lowest BCUT2D eigenvalue weighted by atomic mass is 10.0. The zero-order valence-electron chi connectivity index (χ0n) is 19.9. The highest BCUT2D eigenvalue weighted by atomic mass is 32.2. The van der Waals surface area contributed by atoms with E-state index in [1.807, 2.05) is 24.1 Å². The molecule has 0 N–H and O–H groups in total. The lowest BCUT2D eigenvalue weighted by Crippen LogP contribution is -2.57. The molecular weight excluding hydrogens is 457 g/mol. The topological polar surface area (TPSA) is 54.3 Å². The van der Waals surface area contributed by atoms with E-state index in [4.69, 9.17) is 4.98 Å². The number of thiazole rings is 1. The van der Waals surface area contributed by atoms with Crippen LogP contribution < -0.4 is 4.90 Å². The number of aromatic nitrogens is 3. The van der Waals surface area contributed by atoms with Crippen LogP contribution in [0, 0.1) is 12.7 Å². The molecule has 33 heavy (non-hydrogen) atoms. The molecular formula is C24H30FN5OS2. The number of nitrogens with zero attached hydrogens (tertiary/aromatic N) is 5. The van der Waals surface area contributed by atoms with Crippen LogP contribution in [0.3, 0.4) is 0 Å². The molecule has 1 aliphatic rings. The summed E-state index contributed by atoms with van der Waals surface area (Å²) in [5.41, 5.74) is 2.28. The largest absolute Gasteiger partial charge is 0.344 e. The number of amides is 1. The fraction of sp³-hybridized carbons (Fsp3) is 0.458. The van der Waals surface area contributed by atoms with Gasteiger partial charge in [0.25, 0.3) is 0 Å². The first-order valence-electron chi connectivity index (χ1n) is 11.1. The molecule has 0 radical (unpaired) electrons. The minimum Gasteiger partial charge on any atom is -0.344 e. The molecule has 1 saturated heterocycles. The summed E-state index contributed by atoms with van der Waals surface area (Å²) < 4.78 is 16.6. The van der Waals surface area contributed by atoms with Crippen LogP contribution >= 0.6 is 23.1 Å². The molecule has 0 aliphatic carbocycles. The van der Waals surface area contributed by atoms with E-state index in [9.17, 15) is 9.18 Å². The molecule has 1 aromatic carbocycles. The third kappa shape index (κ3) is 5.09. The monoisotopic (exact) mass is 487 g/mol. The highest BCUT2D eigenvalue weighted by Crippen LogP contribution is 2.40. The first-order valence-corrected chi connectivity index (χ1v) is 12.8. The minimum absolute atomic E-state index is 0.118. The van der Waals surface area contributed by atoms with Gasteiger partial charge in [-0.1, -0.05) is 37.3 Å². The van der Waals surface area contributed by atoms with Crippen molar-refractivity contribution in [1.29, 1.82) is 0 Å². The van der Waals surface area contributed by atoms with Crippen molar-refractivity contribution < 1.29 is 9.18 Å². The second-order valence-corrected chi connectivity index (χ2v) is 12.3. The second kappa shape index (κ2) is 9.10. The lowest BCUT2D eigenvalue weighted by molar-refractivity contribution is -0.135. The zero-order valence-corrected chi connectivity index (χ0v) is 21.6. The number of hydrogen-bond donors (Lipinski definition) is 0. The van der Waals surface area contributed by atoms with Gasteiger partial charge in [-0.15, -0.1) is 11.8 Å². The van der Waals surface area contributed by atoms with Gasteiger partial charge in [-0.25, -0.2) is 9.07 Å². The zero-order chi connectivity index (χ0) is 23.9. The Bertz CT molecular complexity index is 1160. The summed E-state index contributed by atoms with van der Waals surface area (Å²) in [5.74, 6) is 0.689. The molecule has 0 spiro atoms. The van der Waals surface area contributed by atoms with E-state index in [0.717, 1.165) is 38.5 Å². The van der Waals surface area contributed by atoms with Crippen molar-refractivity contribution in [3.05, 3.63) is 42.0 Å². The molecule has 1 amide bonds. The second-order valence-electron chi connectivity index (χ2n) is 9.49.